The molecule has 2 nitrogen and oxygen atoms in total. The normalized spacial score (nSPS) is 10.8. The Morgan fingerprint density at radius 3 is 1.83 bits per heavy atom. The van der Waals surface area contributed by atoms with Crippen LogP contribution in [0.5, 0.6) is 11.5 Å². The van der Waals surface area contributed by atoms with E-state index in [1.54, 1.807) is 0 Å². The van der Waals surface area contributed by atoms with Crippen LogP contribution in [0.4, 0.5) is 5.69 Å². The van der Waals surface area contributed by atoms with Gasteiger partial charge in [0.2, 0.25) is 0 Å². The number of isothiocyanates is 1. The van der Waals surface area contributed by atoms with Gasteiger partial charge in [0, 0.05) is 6.42 Å². The van der Waals surface area contributed by atoms with E-state index in [9.17, 15) is 0 Å². The van der Waals surface area contributed by atoms with E-state index in [4.69, 9.17) is 4.74 Å². The van der Waals surface area contributed by atoms with Crippen LogP contribution in [0.2, 0.25) is 0 Å². The summed E-state index contributed by atoms with van der Waals surface area (Å²) in [6.07, 6.45) is 0.979. The van der Waals surface area contributed by atoms with Gasteiger partial charge in [-0.25, -0.2) is 0 Å². The predicted molar refractivity (Wildman–Crippen MR) is 96.9 cm³/mol. The minimum absolute atomic E-state index is 0.854. The number of rotatable bonds is 1. The smallest absolute Gasteiger partial charge is 0.130 e. The van der Waals surface area contributed by atoms with Gasteiger partial charge < -0.3 is 4.74 Å². The Kier molecular flexibility index (Phi) is 4.95. The second-order valence-electron chi connectivity index (χ2n) is 5.03. The second-order valence-corrected chi connectivity index (χ2v) is 5.22. The first-order valence-electron chi connectivity index (χ1n) is 7.33. The Hall–Kier alpha value is -2.74. The van der Waals surface area contributed by atoms with Crippen LogP contribution in [-0.2, 0) is 6.42 Å². The molecule has 0 saturated heterocycles. The number of nitrogens with zero attached hydrogens (tertiary/aromatic N) is 1. The molecule has 0 radical (unpaired) electrons. The number of benzene rings is 3. The monoisotopic (exact) mass is 317 g/mol. The summed E-state index contributed by atoms with van der Waals surface area (Å²) in [5.41, 5.74) is 3.39. The average molecular weight is 317 g/mol. The third-order valence-corrected chi connectivity index (χ3v) is 3.57. The van der Waals surface area contributed by atoms with Crippen molar-refractivity contribution in [2.45, 2.75) is 6.42 Å². The van der Waals surface area contributed by atoms with E-state index in [-0.39, 0.29) is 0 Å². The molecule has 0 fully saturated rings. The molecule has 23 heavy (non-hydrogen) atoms. The van der Waals surface area contributed by atoms with E-state index in [0.29, 0.717) is 0 Å². The van der Waals surface area contributed by atoms with Crippen molar-refractivity contribution < 1.29 is 4.74 Å². The largest absolute Gasteiger partial charge is 0.457 e. The first kappa shape index (κ1) is 15.2. The van der Waals surface area contributed by atoms with Crippen molar-refractivity contribution >= 4 is 23.1 Å². The fourth-order valence-electron chi connectivity index (χ4n) is 2.38. The Bertz CT molecular complexity index is 752. The Morgan fingerprint density at radius 2 is 1.26 bits per heavy atom. The lowest BCUT2D eigenvalue weighted by Crippen LogP contribution is -2.01. The van der Waals surface area contributed by atoms with Crippen LogP contribution in [0.15, 0.2) is 83.9 Å². The highest BCUT2D eigenvalue weighted by molar-refractivity contribution is 7.78. The molecule has 0 aliphatic carbocycles. The molecule has 0 atom stereocenters. The Balaban J connectivity index is 0.000000151. The molecule has 3 heteroatoms. The fourth-order valence-corrected chi connectivity index (χ4v) is 2.48. The minimum Gasteiger partial charge on any atom is -0.457 e. The Morgan fingerprint density at radius 1 is 0.739 bits per heavy atom. The highest BCUT2D eigenvalue weighted by Gasteiger charge is 2.14. The van der Waals surface area contributed by atoms with Gasteiger partial charge in [-0.1, -0.05) is 54.6 Å². The lowest BCUT2D eigenvalue weighted by Gasteiger charge is -2.19. The molecule has 0 bridgehead atoms. The molecule has 3 aromatic carbocycles. The molecular formula is C20H15NOS. The molecule has 1 aliphatic rings. The van der Waals surface area contributed by atoms with Crippen molar-refractivity contribution in [1.82, 2.24) is 0 Å². The lowest BCUT2D eigenvalue weighted by atomic mass is 10.0. The van der Waals surface area contributed by atoms with Crippen LogP contribution in [0.3, 0.4) is 0 Å². The average Bonchev–Trinajstić information content (AvgIpc) is 2.62. The molecule has 0 amide bonds. The van der Waals surface area contributed by atoms with Crippen molar-refractivity contribution in [2.75, 3.05) is 0 Å². The molecule has 0 N–H and O–H groups in total. The second kappa shape index (κ2) is 7.50. The van der Waals surface area contributed by atoms with E-state index < -0.39 is 0 Å². The summed E-state index contributed by atoms with van der Waals surface area (Å²) in [5, 5.41) is 2.29. The summed E-state index contributed by atoms with van der Waals surface area (Å²) in [6, 6.07) is 25.9. The van der Waals surface area contributed by atoms with E-state index in [1.807, 2.05) is 54.6 Å². The van der Waals surface area contributed by atoms with E-state index in [1.165, 1.54) is 11.1 Å². The molecule has 1 heterocycles. The van der Waals surface area contributed by atoms with Crippen LogP contribution >= 0.6 is 12.2 Å². The van der Waals surface area contributed by atoms with Gasteiger partial charge in [-0.3, -0.25) is 0 Å². The summed E-state index contributed by atoms with van der Waals surface area (Å²) in [4.78, 5) is 3.77. The van der Waals surface area contributed by atoms with Crippen molar-refractivity contribution in [3.05, 3.63) is 90.0 Å². The number of ether oxygens (including phenoxy) is 1. The molecule has 0 unspecified atom stereocenters. The molecule has 0 aromatic heterocycles. The minimum atomic E-state index is 0.854. The number of aliphatic imine (C=N–C) groups is 1. The number of hydrogen-bond acceptors (Lipinski definition) is 3. The van der Waals surface area contributed by atoms with Crippen LogP contribution in [0.1, 0.15) is 11.1 Å². The van der Waals surface area contributed by atoms with Crippen molar-refractivity contribution in [1.29, 1.82) is 0 Å². The van der Waals surface area contributed by atoms with Gasteiger partial charge in [0.05, 0.1) is 10.8 Å². The maximum Gasteiger partial charge on any atom is 0.130 e. The lowest BCUT2D eigenvalue weighted by molar-refractivity contribution is 0.460. The van der Waals surface area contributed by atoms with Gasteiger partial charge in [0.25, 0.3) is 0 Å². The summed E-state index contributed by atoms with van der Waals surface area (Å²) in [5.74, 6) is 1.98. The van der Waals surface area contributed by atoms with Crippen molar-refractivity contribution in [3.63, 3.8) is 0 Å². The fraction of sp³-hybridized carbons (Fsp3) is 0.0500. The zero-order chi connectivity index (χ0) is 15.9. The zero-order valence-corrected chi connectivity index (χ0v) is 13.3. The summed E-state index contributed by atoms with van der Waals surface area (Å²) < 4.78 is 5.78. The SMILES string of the molecule is S=C=Nc1ccccc1.c1ccc2c(c1)Cc1ccccc1O2. The quantitative estimate of drug-likeness (QED) is 0.327. The molecular weight excluding hydrogens is 302 g/mol. The van der Waals surface area contributed by atoms with Gasteiger partial charge in [0.15, 0.2) is 0 Å². The predicted octanol–water partition coefficient (Wildman–Crippen LogP) is 5.80. The third kappa shape index (κ3) is 3.92. The van der Waals surface area contributed by atoms with Crippen LogP contribution < -0.4 is 4.74 Å². The molecule has 1 aliphatic heterocycles. The van der Waals surface area contributed by atoms with Gasteiger partial charge in [-0.15, -0.1) is 0 Å². The van der Waals surface area contributed by atoms with Crippen molar-refractivity contribution in [3.8, 4) is 11.5 Å². The highest BCUT2D eigenvalue weighted by atomic mass is 32.1. The van der Waals surface area contributed by atoms with E-state index in [2.05, 4.69) is 46.6 Å². The molecule has 3 aromatic rings. The third-order valence-electron chi connectivity index (χ3n) is 3.48. The van der Waals surface area contributed by atoms with Gasteiger partial charge in [-0.2, -0.15) is 4.99 Å². The number of hydrogen-bond donors (Lipinski definition) is 0. The number of fused-ring (bicyclic) bond motifs is 2. The topological polar surface area (TPSA) is 21.6 Å². The number of thiocarbonyl (C=S) groups is 1. The number of para-hydroxylation sites is 3. The van der Waals surface area contributed by atoms with Gasteiger partial charge in [-0.05, 0) is 47.6 Å². The Labute approximate surface area is 141 Å². The van der Waals surface area contributed by atoms with E-state index in [0.717, 1.165) is 23.6 Å². The van der Waals surface area contributed by atoms with Gasteiger partial charge >= 0.3 is 0 Å². The standard InChI is InChI=1S/C13H10O.C7H5NS/c1-3-7-12-10(5-1)9-11-6-2-4-8-13(11)14-12;9-6-8-7-4-2-1-3-5-7/h1-8H,9H2;1-5H. The molecule has 0 spiro atoms. The zero-order valence-electron chi connectivity index (χ0n) is 12.5. The molecule has 4 rings (SSSR count). The molecule has 0 saturated carbocycles. The first-order valence-corrected chi connectivity index (χ1v) is 7.74. The van der Waals surface area contributed by atoms with Crippen LogP contribution in [0, 0.1) is 0 Å². The maximum absolute atomic E-state index is 5.78. The highest BCUT2D eigenvalue weighted by Crippen LogP contribution is 2.35. The van der Waals surface area contributed by atoms with Crippen molar-refractivity contribution in [2.24, 2.45) is 4.99 Å². The van der Waals surface area contributed by atoms with E-state index >= 15 is 0 Å². The summed E-state index contributed by atoms with van der Waals surface area (Å²) in [6.45, 7) is 0. The summed E-state index contributed by atoms with van der Waals surface area (Å²) >= 11 is 4.42. The van der Waals surface area contributed by atoms with Crippen LogP contribution in [0.25, 0.3) is 0 Å². The first-order chi connectivity index (χ1) is 11.4. The van der Waals surface area contributed by atoms with Crippen LogP contribution in [-0.4, -0.2) is 5.16 Å². The maximum atomic E-state index is 5.78. The summed E-state index contributed by atoms with van der Waals surface area (Å²) in [7, 11) is 0. The van der Waals surface area contributed by atoms with Gasteiger partial charge in [0.1, 0.15) is 11.5 Å². The molecule has 112 valence electrons.